The lowest BCUT2D eigenvalue weighted by Crippen LogP contribution is -2.36. The van der Waals surface area contributed by atoms with Gasteiger partial charge in [-0.15, -0.1) is 0 Å². The number of rotatable bonds is 5. The molecule has 0 bridgehead atoms. The molecule has 0 aromatic heterocycles. The normalized spacial score (nSPS) is 19.2. The third kappa shape index (κ3) is 4.00. The van der Waals surface area contributed by atoms with Gasteiger partial charge in [0.15, 0.2) is 0 Å². The van der Waals surface area contributed by atoms with Crippen molar-refractivity contribution in [1.82, 2.24) is 15.2 Å². The van der Waals surface area contributed by atoms with E-state index in [1.165, 1.54) is 25.0 Å². The maximum Gasteiger partial charge on any atom is 0.265 e. The minimum atomic E-state index is -0.408. The van der Waals surface area contributed by atoms with E-state index < -0.39 is 5.91 Å². The summed E-state index contributed by atoms with van der Waals surface area (Å²) in [7, 11) is 4.10. The fourth-order valence-electron chi connectivity index (χ4n) is 2.85. The summed E-state index contributed by atoms with van der Waals surface area (Å²) in [6, 6.07) is 4.83. The number of carbonyl (C=O) groups excluding carboxylic acids is 1. The van der Waals surface area contributed by atoms with Gasteiger partial charge in [0.25, 0.3) is 5.91 Å². The van der Waals surface area contributed by atoms with Crippen molar-refractivity contribution in [3.63, 3.8) is 0 Å². The van der Waals surface area contributed by atoms with E-state index in [0.29, 0.717) is 23.7 Å². The number of nitrogens with one attached hydrogen (secondary N) is 1. The molecule has 1 aromatic rings. The molecule has 0 spiro atoms. The van der Waals surface area contributed by atoms with Crippen molar-refractivity contribution in [2.75, 3.05) is 27.2 Å². The van der Waals surface area contributed by atoms with Crippen LogP contribution in [-0.2, 0) is 6.54 Å². The summed E-state index contributed by atoms with van der Waals surface area (Å²) < 4.78 is 13.9. The number of hydrogen-bond donors (Lipinski definition) is 2. The molecule has 1 aromatic carbocycles. The smallest absolute Gasteiger partial charge is 0.265 e. The molecule has 116 valence electrons. The molecule has 1 aliphatic heterocycles. The maximum atomic E-state index is 13.9. The molecular weight excluding hydrogens is 271 g/mol. The Morgan fingerprint density at radius 2 is 2.33 bits per heavy atom. The second kappa shape index (κ2) is 6.98. The van der Waals surface area contributed by atoms with Crippen molar-refractivity contribution in [3.8, 4) is 0 Å². The summed E-state index contributed by atoms with van der Waals surface area (Å²) in [5, 5.41) is 0. The first-order chi connectivity index (χ1) is 10.0. The average Bonchev–Trinajstić information content (AvgIpc) is 2.85. The number of likely N-dealkylation sites (tertiary alicyclic amines) is 1. The Bertz CT molecular complexity index is 508. The number of hydrazine groups is 1. The van der Waals surface area contributed by atoms with Crippen molar-refractivity contribution in [2.24, 2.45) is 5.84 Å². The fourth-order valence-corrected chi connectivity index (χ4v) is 2.85. The fraction of sp³-hybridized carbons (Fsp3) is 0.533. The highest BCUT2D eigenvalue weighted by Crippen LogP contribution is 2.17. The molecule has 5 nitrogen and oxygen atoms in total. The zero-order valence-corrected chi connectivity index (χ0v) is 12.6. The van der Waals surface area contributed by atoms with E-state index in [-0.39, 0.29) is 5.82 Å². The van der Waals surface area contributed by atoms with Crippen molar-refractivity contribution < 1.29 is 9.18 Å². The van der Waals surface area contributed by atoms with Gasteiger partial charge in [0.05, 0.1) is 0 Å². The molecule has 0 radical (unpaired) electrons. The molecule has 1 atom stereocenters. The van der Waals surface area contributed by atoms with E-state index >= 15 is 0 Å². The Kier molecular flexibility index (Phi) is 5.27. The predicted molar refractivity (Wildman–Crippen MR) is 80.0 cm³/mol. The van der Waals surface area contributed by atoms with Crippen LogP contribution in [0.3, 0.4) is 0 Å². The first-order valence-corrected chi connectivity index (χ1v) is 7.19. The van der Waals surface area contributed by atoms with Crippen LogP contribution >= 0.6 is 0 Å². The van der Waals surface area contributed by atoms with E-state index in [4.69, 9.17) is 5.84 Å². The van der Waals surface area contributed by atoms with E-state index in [1.54, 1.807) is 6.07 Å². The highest BCUT2D eigenvalue weighted by Gasteiger charge is 2.22. The van der Waals surface area contributed by atoms with Crippen molar-refractivity contribution in [1.29, 1.82) is 0 Å². The van der Waals surface area contributed by atoms with Gasteiger partial charge in [-0.1, -0.05) is 0 Å². The third-order valence-electron chi connectivity index (χ3n) is 4.07. The Morgan fingerprint density at radius 1 is 1.57 bits per heavy atom. The summed E-state index contributed by atoms with van der Waals surface area (Å²) in [6.07, 6.45) is 2.40. The zero-order valence-electron chi connectivity index (χ0n) is 12.6. The van der Waals surface area contributed by atoms with E-state index in [0.717, 1.165) is 13.1 Å². The largest absolute Gasteiger partial charge is 0.302 e. The highest BCUT2D eigenvalue weighted by atomic mass is 19.1. The molecular formula is C15H23FN4O. The van der Waals surface area contributed by atoms with Gasteiger partial charge in [-0.2, -0.15) is 0 Å². The first kappa shape index (κ1) is 15.9. The summed E-state index contributed by atoms with van der Waals surface area (Å²) >= 11 is 0. The van der Waals surface area contributed by atoms with Gasteiger partial charge in [0.2, 0.25) is 0 Å². The van der Waals surface area contributed by atoms with Crippen LogP contribution in [0.4, 0.5) is 4.39 Å². The number of nitrogens with zero attached hydrogens (tertiary/aromatic N) is 2. The van der Waals surface area contributed by atoms with Crippen LogP contribution in [0.1, 0.15) is 28.8 Å². The van der Waals surface area contributed by atoms with Gasteiger partial charge in [0.1, 0.15) is 5.82 Å². The number of carbonyl (C=O) groups is 1. The molecule has 6 heteroatoms. The second-order valence-electron chi connectivity index (χ2n) is 5.75. The van der Waals surface area contributed by atoms with Gasteiger partial charge in [-0.05, 0) is 51.7 Å². The van der Waals surface area contributed by atoms with E-state index in [1.807, 2.05) is 7.05 Å². The Labute approximate surface area is 124 Å². The number of likely N-dealkylation sites (N-methyl/N-ethyl adjacent to an activating group) is 2. The van der Waals surface area contributed by atoms with Gasteiger partial charge >= 0.3 is 0 Å². The van der Waals surface area contributed by atoms with Crippen LogP contribution in [0.2, 0.25) is 0 Å². The minimum Gasteiger partial charge on any atom is -0.302 e. The number of benzene rings is 1. The predicted octanol–water partition coefficient (Wildman–Crippen LogP) is 0.955. The van der Waals surface area contributed by atoms with Gasteiger partial charge in [-0.3, -0.25) is 10.2 Å². The number of nitrogens with two attached hydrogens (primary N) is 1. The van der Waals surface area contributed by atoms with Gasteiger partial charge in [0, 0.05) is 30.3 Å². The lowest BCUT2D eigenvalue weighted by atomic mass is 10.1. The van der Waals surface area contributed by atoms with Crippen LogP contribution in [-0.4, -0.2) is 48.9 Å². The Hall–Kier alpha value is -1.50. The van der Waals surface area contributed by atoms with E-state index in [2.05, 4.69) is 22.3 Å². The molecule has 21 heavy (non-hydrogen) atoms. The zero-order chi connectivity index (χ0) is 15.4. The highest BCUT2D eigenvalue weighted by molar-refractivity contribution is 5.93. The van der Waals surface area contributed by atoms with Crippen LogP contribution in [0, 0.1) is 5.82 Å². The summed E-state index contributed by atoms with van der Waals surface area (Å²) in [6.45, 7) is 2.49. The van der Waals surface area contributed by atoms with Gasteiger partial charge < -0.3 is 9.80 Å². The molecule has 1 heterocycles. The SMILES string of the molecule is CN(Cc1cc(C(=O)NN)ccc1F)CC1CCCN1C. The number of hydrogen-bond acceptors (Lipinski definition) is 4. The molecule has 1 amide bonds. The first-order valence-electron chi connectivity index (χ1n) is 7.19. The third-order valence-corrected chi connectivity index (χ3v) is 4.07. The molecule has 0 saturated carbocycles. The molecule has 3 N–H and O–H groups in total. The van der Waals surface area contributed by atoms with Crippen molar-refractivity contribution >= 4 is 5.91 Å². The lowest BCUT2D eigenvalue weighted by molar-refractivity contribution is 0.0953. The molecule has 1 unspecified atom stereocenters. The molecule has 2 rings (SSSR count). The average molecular weight is 294 g/mol. The van der Waals surface area contributed by atoms with Crippen LogP contribution in [0.25, 0.3) is 0 Å². The van der Waals surface area contributed by atoms with Crippen LogP contribution in [0.5, 0.6) is 0 Å². The summed E-state index contributed by atoms with van der Waals surface area (Å²) in [4.78, 5) is 15.9. The molecule has 1 fully saturated rings. The Balaban J connectivity index is 2.02. The summed E-state index contributed by atoms with van der Waals surface area (Å²) in [5.41, 5.74) is 2.95. The number of amides is 1. The molecule has 0 aliphatic carbocycles. The standard InChI is InChI=1S/C15H23FN4O/c1-19(10-13-4-3-7-20(13)2)9-12-8-11(15(21)18-17)5-6-14(12)16/h5-6,8,13H,3-4,7,9-10,17H2,1-2H3,(H,18,21). The lowest BCUT2D eigenvalue weighted by Gasteiger charge is -2.26. The Morgan fingerprint density at radius 3 is 2.95 bits per heavy atom. The van der Waals surface area contributed by atoms with Crippen LogP contribution < -0.4 is 11.3 Å². The monoisotopic (exact) mass is 294 g/mol. The van der Waals surface area contributed by atoms with Crippen molar-refractivity contribution in [3.05, 3.63) is 35.1 Å². The van der Waals surface area contributed by atoms with Crippen molar-refractivity contribution in [2.45, 2.75) is 25.4 Å². The summed E-state index contributed by atoms with van der Waals surface area (Å²) in [5.74, 6) is 4.40. The second-order valence-corrected chi connectivity index (χ2v) is 5.75. The number of halogens is 1. The minimum absolute atomic E-state index is 0.296. The maximum absolute atomic E-state index is 13.9. The van der Waals surface area contributed by atoms with E-state index in [9.17, 15) is 9.18 Å². The topological polar surface area (TPSA) is 61.6 Å². The quantitative estimate of drug-likeness (QED) is 0.482. The molecule has 1 saturated heterocycles. The molecule has 1 aliphatic rings. The van der Waals surface area contributed by atoms with Crippen LogP contribution in [0.15, 0.2) is 18.2 Å². The number of nitrogen functional groups attached to an aromatic ring is 1. The van der Waals surface area contributed by atoms with Gasteiger partial charge in [-0.25, -0.2) is 10.2 Å².